The monoisotopic (exact) mass is 470 g/mol. The van der Waals surface area contributed by atoms with Gasteiger partial charge in [-0.05, 0) is 35.9 Å². The van der Waals surface area contributed by atoms with Gasteiger partial charge in [-0.3, -0.25) is 9.69 Å². The van der Waals surface area contributed by atoms with Crippen molar-refractivity contribution in [2.75, 3.05) is 0 Å². The van der Waals surface area contributed by atoms with Gasteiger partial charge < -0.3 is 10.1 Å². The molecule has 5 nitrogen and oxygen atoms in total. The highest BCUT2D eigenvalue weighted by Gasteiger charge is 2.34. The van der Waals surface area contributed by atoms with E-state index >= 15 is 0 Å². The van der Waals surface area contributed by atoms with Crippen LogP contribution in [0.4, 0.5) is 9.18 Å². The van der Waals surface area contributed by atoms with Crippen molar-refractivity contribution in [3.8, 4) is 5.75 Å². The van der Waals surface area contributed by atoms with Crippen molar-refractivity contribution < 1.29 is 18.7 Å². The fraction of sp³-hybridized carbons (Fsp3) is 0.0833. The van der Waals surface area contributed by atoms with E-state index in [1.54, 1.807) is 54.6 Å². The Hall–Kier alpha value is -3.35. The minimum atomic E-state index is -0.612. The molecule has 1 saturated heterocycles. The smallest absolute Gasteiger partial charge is 0.329 e. The predicted molar refractivity (Wildman–Crippen MR) is 121 cm³/mol. The van der Waals surface area contributed by atoms with Crippen molar-refractivity contribution in [3.63, 3.8) is 0 Å². The van der Waals surface area contributed by atoms with Gasteiger partial charge in [-0.15, -0.1) is 0 Å². The van der Waals surface area contributed by atoms with E-state index in [4.69, 9.17) is 27.9 Å². The van der Waals surface area contributed by atoms with E-state index < -0.39 is 17.8 Å². The van der Waals surface area contributed by atoms with Gasteiger partial charge >= 0.3 is 6.03 Å². The van der Waals surface area contributed by atoms with Crippen molar-refractivity contribution in [3.05, 3.63) is 105 Å². The van der Waals surface area contributed by atoms with Gasteiger partial charge in [-0.1, -0.05) is 65.7 Å². The number of halogens is 3. The fourth-order valence-electron chi connectivity index (χ4n) is 3.19. The van der Waals surface area contributed by atoms with Gasteiger partial charge in [0, 0.05) is 11.1 Å². The number of hydrogen-bond acceptors (Lipinski definition) is 3. The lowest BCUT2D eigenvalue weighted by atomic mass is 10.1. The average Bonchev–Trinajstić information content (AvgIpc) is 3.04. The lowest BCUT2D eigenvalue weighted by Gasteiger charge is -2.12. The van der Waals surface area contributed by atoms with Gasteiger partial charge in [-0.2, -0.15) is 0 Å². The molecule has 162 valence electrons. The van der Waals surface area contributed by atoms with Crippen LogP contribution in [0.15, 0.2) is 72.4 Å². The van der Waals surface area contributed by atoms with Crippen LogP contribution in [-0.4, -0.2) is 16.8 Å². The van der Waals surface area contributed by atoms with Gasteiger partial charge in [0.2, 0.25) is 0 Å². The molecule has 0 bridgehead atoms. The number of nitrogens with zero attached hydrogens (tertiary/aromatic N) is 1. The highest BCUT2D eigenvalue weighted by atomic mass is 35.5. The van der Waals surface area contributed by atoms with Crippen LogP contribution in [0.1, 0.15) is 16.7 Å². The van der Waals surface area contributed by atoms with E-state index in [0.29, 0.717) is 21.4 Å². The van der Waals surface area contributed by atoms with Gasteiger partial charge in [0.05, 0.1) is 16.6 Å². The molecule has 1 aliphatic heterocycles. The molecule has 0 aliphatic carbocycles. The minimum Gasteiger partial charge on any atom is -0.488 e. The third-order valence-electron chi connectivity index (χ3n) is 4.85. The first kappa shape index (κ1) is 21.9. The van der Waals surface area contributed by atoms with Crippen molar-refractivity contribution in [2.24, 2.45) is 0 Å². The summed E-state index contributed by atoms with van der Waals surface area (Å²) in [7, 11) is 0. The van der Waals surface area contributed by atoms with Gasteiger partial charge in [-0.25, -0.2) is 9.18 Å². The molecule has 1 fully saturated rings. The molecule has 0 saturated carbocycles. The molecule has 3 aromatic rings. The summed E-state index contributed by atoms with van der Waals surface area (Å²) in [4.78, 5) is 26.1. The van der Waals surface area contributed by atoms with Crippen LogP contribution in [0.3, 0.4) is 0 Å². The molecule has 3 aromatic carbocycles. The molecule has 3 amide bonds. The first-order chi connectivity index (χ1) is 15.4. The topological polar surface area (TPSA) is 58.6 Å². The van der Waals surface area contributed by atoms with E-state index in [2.05, 4.69) is 5.32 Å². The predicted octanol–water partition coefficient (Wildman–Crippen LogP) is 5.80. The number of benzene rings is 3. The van der Waals surface area contributed by atoms with E-state index in [1.807, 2.05) is 0 Å². The Kier molecular flexibility index (Phi) is 6.44. The summed E-state index contributed by atoms with van der Waals surface area (Å²) >= 11 is 12.0. The molecule has 0 unspecified atom stereocenters. The Bertz CT molecular complexity index is 1230. The molecule has 1 heterocycles. The van der Waals surface area contributed by atoms with Crippen LogP contribution in [0, 0.1) is 5.82 Å². The largest absolute Gasteiger partial charge is 0.488 e. The number of rotatable bonds is 6. The molecular weight excluding hydrogens is 454 g/mol. The van der Waals surface area contributed by atoms with Crippen LogP contribution in [0.2, 0.25) is 10.0 Å². The summed E-state index contributed by atoms with van der Waals surface area (Å²) in [5, 5.41) is 3.43. The van der Waals surface area contributed by atoms with Crippen molar-refractivity contribution in [1.82, 2.24) is 10.2 Å². The molecule has 0 radical (unpaired) electrons. The zero-order valence-corrected chi connectivity index (χ0v) is 18.2. The number of imide groups is 1. The molecule has 8 heteroatoms. The van der Waals surface area contributed by atoms with Crippen LogP contribution >= 0.6 is 23.2 Å². The van der Waals surface area contributed by atoms with Crippen LogP contribution in [0.5, 0.6) is 5.75 Å². The van der Waals surface area contributed by atoms with Crippen molar-refractivity contribution >= 4 is 41.2 Å². The quantitative estimate of drug-likeness (QED) is 0.365. The summed E-state index contributed by atoms with van der Waals surface area (Å²) in [6, 6.07) is 17.7. The molecule has 1 aliphatic rings. The highest BCUT2D eigenvalue weighted by Crippen LogP contribution is 2.26. The summed E-state index contributed by atoms with van der Waals surface area (Å²) in [5.41, 5.74) is 1.76. The third-order valence-corrected chi connectivity index (χ3v) is 5.58. The average molecular weight is 471 g/mol. The Morgan fingerprint density at radius 1 is 0.969 bits per heavy atom. The number of nitrogens with one attached hydrogen (secondary N) is 1. The van der Waals surface area contributed by atoms with E-state index in [1.165, 1.54) is 18.2 Å². The standard InChI is InChI=1S/C24H17Cl2FN2O3/c25-18-10-9-15(11-19(18)26)14-32-22-8-4-2-5-16(22)12-21-23(30)29(24(31)28-21)13-17-6-1-3-7-20(17)27/h1-12H,13-14H2,(H,28,31)/b21-12+. The van der Waals surface area contributed by atoms with Gasteiger partial charge in [0.1, 0.15) is 23.9 Å². The summed E-state index contributed by atoms with van der Waals surface area (Å²) in [6.45, 7) is 0.0704. The number of urea groups is 1. The number of amides is 3. The SMILES string of the molecule is O=C1N/C(=C/c2ccccc2OCc2ccc(Cl)c(Cl)c2)C(=O)N1Cc1ccccc1F. The zero-order chi connectivity index (χ0) is 22.7. The Balaban J connectivity index is 1.52. The summed E-state index contributed by atoms with van der Waals surface area (Å²) in [5.74, 6) is -0.509. The third kappa shape index (κ3) is 4.77. The normalized spacial score (nSPS) is 14.7. The number of ether oxygens (including phenoxy) is 1. The summed E-state index contributed by atoms with van der Waals surface area (Å²) in [6.07, 6.45) is 1.53. The van der Waals surface area contributed by atoms with E-state index in [9.17, 15) is 14.0 Å². The molecule has 0 spiro atoms. The Morgan fingerprint density at radius 3 is 2.50 bits per heavy atom. The second kappa shape index (κ2) is 9.42. The van der Waals surface area contributed by atoms with E-state index in [0.717, 1.165) is 10.5 Å². The van der Waals surface area contributed by atoms with Crippen molar-refractivity contribution in [2.45, 2.75) is 13.2 Å². The van der Waals surface area contributed by atoms with Crippen LogP contribution < -0.4 is 10.1 Å². The zero-order valence-electron chi connectivity index (χ0n) is 16.6. The van der Waals surface area contributed by atoms with E-state index in [-0.39, 0.29) is 24.4 Å². The highest BCUT2D eigenvalue weighted by molar-refractivity contribution is 6.42. The summed E-state index contributed by atoms with van der Waals surface area (Å²) < 4.78 is 19.8. The number of carbonyl (C=O) groups is 2. The second-order valence-corrected chi connectivity index (χ2v) is 7.86. The lowest BCUT2D eigenvalue weighted by Crippen LogP contribution is -2.30. The minimum absolute atomic E-state index is 0.0805. The first-order valence-electron chi connectivity index (χ1n) is 9.66. The van der Waals surface area contributed by atoms with Crippen molar-refractivity contribution in [1.29, 1.82) is 0 Å². The Morgan fingerprint density at radius 2 is 1.72 bits per heavy atom. The maximum atomic E-state index is 13.9. The molecule has 4 rings (SSSR count). The first-order valence-corrected chi connectivity index (χ1v) is 10.4. The second-order valence-electron chi connectivity index (χ2n) is 7.05. The molecule has 0 aromatic heterocycles. The van der Waals surface area contributed by atoms with Gasteiger partial charge in [0.15, 0.2) is 0 Å². The molecule has 32 heavy (non-hydrogen) atoms. The fourth-order valence-corrected chi connectivity index (χ4v) is 3.51. The lowest BCUT2D eigenvalue weighted by molar-refractivity contribution is -0.123. The Labute approximate surface area is 194 Å². The maximum absolute atomic E-state index is 13.9. The number of hydrogen-bond donors (Lipinski definition) is 1. The van der Waals surface area contributed by atoms with Crippen LogP contribution in [-0.2, 0) is 17.9 Å². The molecule has 0 atom stereocenters. The van der Waals surface area contributed by atoms with Crippen LogP contribution in [0.25, 0.3) is 6.08 Å². The number of carbonyl (C=O) groups excluding carboxylic acids is 2. The molecular formula is C24H17Cl2FN2O3. The number of para-hydroxylation sites is 1. The maximum Gasteiger partial charge on any atom is 0.329 e. The van der Waals surface area contributed by atoms with Gasteiger partial charge in [0.25, 0.3) is 5.91 Å². The molecule has 1 N–H and O–H groups in total.